The third-order valence-electron chi connectivity index (χ3n) is 5.10. The van der Waals surface area contributed by atoms with Crippen LogP contribution in [0.4, 0.5) is 4.79 Å². The van der Waals surface area contributed by atoms with Crippen LogP contribution in [-0.2, 0) is 27.4 Å². The molecule has 0 aliphatic rings. The number of hydrogen-bond acceptors (Lipinski definition) is 4. The third kappa shape index (κ3) is 7.13. The van der Waals surface area contributed by atoms with Crippen molar-refractivity contribution in [3.05, 3.63) is 70.8 Å². The van der Waals surface area contributed by atoms with E-state index in [2.05, 4.69) is 10.6 Å². The molecule has 31 heavy (non-hydrogen) atoms. The first kappa shape index (κ1) is 23.9. The maximum absolute atomic E-state index is 12.8. The summed E-state index contributed by atoms with van der Waals surface area (Å²) in [5.74, 6) is -1.96. The first-order valence-corrected chi connectivity index (χ1v) is 10.2. The number of hydrogen-bond donors (Lipinski definition) is 3. The van der Waals surface area contributed by atoms with Crippen LogP contribution in [0.1, 0.15) is 36.1 Å². The minimum Gasteiger partial charge on any atom is -0.480 e. The van der Waals surface area contributed by atoms with Crippen molar-refractivity contribution in [3.8, 4) is 0 Å². The number of carbonyl (C=O) groups is 3. The molecule has 0 spiro atoms. The minimum absolute atomic E-state index is 0.0728. The van der Waals surface area contributed by atoms with Crippen LogP contribution < -0.4 is 10.6 Å². The van der Waals surface area contributed by atoms with Crippen molar-refractivity contribution in [1.82, 2.24) is 10.6 Å². The molecule has 0 heterocycles. The van der Waals surface area contributed by atoms with E-state index in [0.717, 1.165) is 22.3 Å². The molecule has 2 aromatic rings. The lowest BCUT2D eigenvalue weighted by molar-refractivity contribution is -0.142. The lowest BCUT2D eigenvalue weighted by atomic mass is 9.95. The van der Waals surface area contributed by atoms with E-state index < -0.39 is 30.1 Å². The fourth-order valence-electron chi connectivity index (χ4n) is 3.26. The predicted molar refractivity (Wildman–Crippen MR) is 118 cm³/mol. The summed E-state index contributed by atoms with van der Waals surface area (Å²) >= 11 is 0. The Hall–Kier alpha value is -3.35. The smallest absolute Gasteiger partial charge is 0.408 e. The second-order valence-electron chi connectivity index (χ2n) is 7.90. The van der Waals surface area contributed by atoms with Gasteiger partial charge in [-0.25, -0.2) is 9.59 Å². The molecule has 7 heteroatoms. The predicted octanol–water partition coefficient (Wildman–Crippen LogP) is 3.37. The lowest BCUT2D eigenvalue weighted by Crippen LogP contribution is -2.54. The van der Waals surface area contributed by atoms with Gasteiger partial charge in [-0.3, -0.25) is 4.79 Å². The fourth-order valence-corrected chi connectivity index (χ4v) is 3.26. The number of alkyl carbamates (subject to hydrolysis) is 1. The Morgan fingerprint density at radius 3 is 2.10 bits per heavy atom. The van der Waals surface area contributed by atoms with E-state index in [1.807, 2.05) is 62.4 Å². The average molecular weight is 427 g/mol. The van der Waals surface area contributed by atoms with Gasteiger partial charge in [0.05, 0.1) is 0 Å². The van der Waals surface area contributed by atoms with Gasteiger partial charge in [0.15, 0.2) is 0 Å². The van der Waals surface area contributed by atoms with Gasteiger partial charge in [0.2, 0.25) is 5.91 Å². The molecule has 0 radical (unpaired) electrons. The van der Waals surface area contributed by atoms with Crippen LogP contribution in [0.25, 0.3) is 0 Å². The van der Waals surface area contributed by atoms with E-state index in [9.17, 15) is 19.5 Å². The Kier molecular flexibility index (Phi) is 8.61. The SMILES string of the molecule is Cc1cccc(C)c1C[C@H](NC(=O)[C@H](NC(=O)OCc1ccccc1)C(C)C)C(=O)O. The fraction of sp³-hybridized carbons (Fsp3) is 0.375. The highest BCUT2D eigenvalue weighted by Gasteiger charge is 2.29. The lowest BCUT2D eigenvalue weighted by Gasteiger charge is -2.24. The number of carbonyl (C=O) groups excluding carboxylic acids is 2. The molecule has 2 atom stereocenters. The molecule has 0 bridgehead atoms. The van der Waals surface area contributed by atoms with Crippen LogP contribution in [0.3, 0.4) is 0 Å². The number of amides is 2. The zero-order valence-corrected chi connectivity index (χ0v) is 18.3. The summed E-state index contributed by atoms with van der Waals surface area (Å²) in [6.07, 6.45) is -0.581. The molecule has 7 nitrogen and oxygen atoms in total. The second-order valence-corrected chi connectivity index (χ2v) is 7.90. The molecule has 2 aromatic carbocycles. The summed E-state index contributed by atoms with van der Waals surface area (Å²) in [5, 5.41) is 14.8. The van der Waals surface area contributed by atoms with Crippen LogP contribution in [0, 0.1) is 19.8 Å². The molecule has 0 unspecified atom stereocenters. The highest BCUT2D eigenvalue weighted by molar-refractivity contribution is 5.89. The standard InChI is InChI=1S/C24H30N2O5/c1-15(2)21(26-24(30)31-14-18-11-6-5-7-12-18)22(27)25-20(23(28)29)13-19-16(3)9-8-10-17(19)4/h5-12,15,20-21H,13-14H2,1-4H3,(H,25,27)(H,26,30)(H,28,29)/t20-,21+/m0/s1. The largest absolute Gasteiger partial charge is 0.480 e. The molecular weight excluding hydrogens is 396 g/mol. The van der Waals surface area contributed by atoms with Crippen LogP contribution in [0.5, 0.6) is 0 Å². The quantitative estimate of drug-likeness (QED) is 0.570. The van der Waals surface area contributed by atoms with Crippen LogP contribution in [0.15, 0.2) is 48.5 Å². The molecule has 0 saturated heterocycles. The Morgan fingerprint density at radius 1 is 0.935 bits per heavy atom. The van der Waals surface area contributed by atoms with Gasteiger partial charge in [0, 0.05) is 6.42 Å². The summed E-state index contributed by atoms with van der Waals surface area (Å²) in [6, 6.07) is 12.9. The molecule has 2 rings (SSSR count). The average Bonchev–Trinajstić information content (AvgIpc) is 2.72. The normalized spacial score (nSPS) is 12.7. The van der Waals surface area contributed by atoms with Crippen molar-refractivity contribution >= 4 is 18.0 Å². The van der Waals surface area contributed by atoms with Crippen molar-refractivity contribution in [2.75, 3.05) is 0 Å². The van der Waals surface area contributed by atoms with Gasteiger partial charge in [-0.05, 0) is 42.0 Å². The topological polar surface area (TPSA) is 105 Å². The second kappa shape index (κ2) is 11.2. The number of carboxylic acid groups (broad SMARTS) is 1. The number of aliphatic carboxylic acids is 1. The van der Waals surface area contributed by atoms with Crippen molar-refractivity contribution in [3.63, 3.8) is 0 Å². The van der Waals surface area contributed by atoms with Crippen molar-refractivity contribution in [2.24, 2.45) is 5.92 Å². The van der Waals surface area contributed by atoms with Gasteiger partial charge in [0.1, 0.15) is 18.7 Å². The molecule has 2 amide bonds. The van der Waals surface area contributed by atoms with Crippen LogP contribution >= 0.6 is 0 Å². The highest BCUT2D eigenvalue weighted by Crippen LogP contribution is 2.16. The van der Waals surface area contributed by atoms with Crippen LogP contribution in [0.2, 0.25) is 0 Å². The minimum atomic E-state index is -1.13. The van der Waals surface area contributed by atoms with Crippen molar-refractivity contribution in [1.29, 1.82) is 0 Å². The number of benzene rings is 2. The number of rotatable bonds is 9. The summed E-state index contributed by atoms with van der Waals surface area (Å²) in [6.45, 7) is 7.42. The summed E-state index contributed by atoms with van der Waals surface area (Å²) in [5.41, 5.74) is 3.63. The van der Waals surface area contributed by atoms with E-state index >= 15 is 0 Å². The number of carboxylic acids is 1. The summed E-state index contributed by atoms with van der Waals surface area (Å²) in [7, 11) is 0. The maximum Gasteiger partial charge on any atom is 0.408 e. The molecule has 0 aromatic heterocycles. The van der Waals surface area contributed by atoms with Crippen molar-refractivity contribution < 1.29 is 24.2 Å². The highest BCUT2D eigenvalue weighted by atomic mass is 16.5. The number of nitrogens with one attached hydrogen (secondary N) is 2. The first-order chi connectivity index (χ1) is 14.7. The summed E-state index contributed by atoms with van der Waals surface area (Å²) in [4.78, 5) is 36.8. The molecule has 0 aliphatic heterocycles. The molecule has 0 aliphatic carbocycles. The Morgan fingerprint density at radius 2 is 1.55 bits per heavy atom. The van der Waals surface area contributed by atoms with E-state index in [-0.39, 0.29) is 18.9 Å². The van der Waals surface area contributed by atoms with Gasteiger partial charge in [-0.1, -0.05) is 62.4 Å². The Balaban J connectivity index is 2.03. The van der Waals surface area contributed by atoms with E-state index in [1.165, 1.54) is 0 Å². The molecule has 0 saturated carbocycles. The van der Waals surface area contributed by atoms with Gasteiger partial charge in [0.25, 0.3) is 0 Å². The molecular formula is C24H30N2O5. The molecule has 166 valence electrons. The zero-order valence-electron chi connectivity index (χ0n) is 18.3. The van der Waals surface area contributed by atoms with E-state index in [4.69, 9.17) is 4.74 Å². The third-order valence-corrected chi connectivity index (χ3v) is 5.10. The molecule has 3 N–H and O–H groups in total. The number of aryl methyl sites for hydroxylation is 2. The monoisotopic (exact) mass is 426 g/mol. The van der Waals surface area contributed by atoms with Crippen molar-refractivity contribution in [2.45, 2.75) is 52.8 Å². The maximum atomic E-state index is 12.8. The van der Waals surface area contributed by atoms with Gasteiger partial charge in [-0.2, -0.15) is 0 Å². The zero-order chi connectivity index (χ0) is 23.0. The van der Waals surface area contributed by atoms with E-state index in [1.54, 1.807) is 13.8 Å². The van der Waals surface area contributed by atoms with Gasteiger partial charge >= 0.3 is 12.1 Å². The number of ether oxygens (including phenoxy) is 1. The summed E-state index contributed by atoms with van der Waals surface area (Å²) < 4.78 is 5.19. The van der Waals surface area contributed by atoms with Gasteiger partial charge in [-0.15, -0.1) is 0 Å². The first-order valence-electron chi connectivity index (χ1n) is 10.2. The van der Waals surface area contributed by atoms with Crippen LogP contribution in [-0.4, -0.2) is 35.2 Å². The van der Waals surface area contributed by atoms with E-state index in [0.29, 0.717) is 0 Å². The molecule has 0 fully saturated rings. The Bertz CT molecular complexity index is 891. The Labute approximate surface area is 182 Å². The van der Waals surface area contributed by atoms with Gasteiger partial charge < -0.3 is 20.5 Å².